The molecule has 0 aliphatic carbocycles. The van der Waals surface area contributed by atoms with E-state index in [4.69, 9.17) is 14.8 Å². The summed E-state index contributed by atoms with van der Waals surface area (Å²) in [6.07, 6.45) is -0.261. The molecule has 1 aliphatic rings. The van der Waals surface area contributed by atoms with Gasteiger partial charge in [0.25, 0.3) is 5.91 Å². The Morgan fingerprint density at radius 2 is 1.94 bits per heavy atom. The summed E-state index contributed by atoms with van der Waals surface area (Å²) in [5, 5.41) is 21.2. The Morgan fingerprint density at radius 1 is 1.13 bits per heavy atom. The first-order valence-corrected chi connectivity index (χ1v) is 10.1. The van der Waals surface area contributed by atoms with Gasteiger partial charge in [0.15, 0.2) is 0 Å². The molecule has 158 valence electrons. The van der Waals surface area contributed by atoms with Crippen LogP contribution in [0.5, 0.6) is 5.75 Å². The van der Waals surface area contributed by atoms with E-state index in [2.05, 4.69) is 24.4 Å². The predicted octanol–water partition coefficient (Wildman–Crippen LogP) is 3.66. The lowest BCUT2D eigenvalue weighted by Gasteiger charge is -2.12. The monoisotopic (exact) mass is 416 g/mol. The molecule has 3 aromatic carbocycles. The van der Waals surface area contributed by atoms with Crippen LogP contribution < -0.4 is 10.1 Å². The number of aliphatic hydroxyl groups excluding tert-OH is 2. The van der Waals surface area contributed by atoms with Crippen LogP contribution in [-0.4, -0.2) is 41.1 Å². The molecule has 1 aliphatic heterocycles. The lowest BCUT2D eigenvalue weighted by molar-refractivity contribution is 0.0536. The molecule has 1 amide bonds. The Labute approximate surface area is 180 Å². The molecular weight excluding hydrogens is 392 g/mol. The summed E-state index contributed by atoms with van der Waals surface area (Å²) >= 11 is 0. The number of hydrogen-bond donors (Lipinski definition) is 3. The molecule has 3 N–H and O–H groups in total. The number of ether oxygens (including phenoxy) is 1. The first kappa shape index (κ1) is 20.8. The zero-order valence-electron chi connectivity index (χ0n) is 17.2. The third-order valence-electron chi connectivity index (χ3n) is 5.17. The maximum Gasteiger partial charge on any atom is 0.257 e. The molecule has 4 rings (SSSR count). The van der Waals surface area contributed by atoms with Crippen LogP contribution in [0.3, 0.4) is 0 Å². The molecule has 0 bridgehead atoms. The Bertz CT molecular complexity index is 1140. The summed E-state index contributed by atoms with van der Waals surface area (Å²) in [4.78, 5) is 17.8. The Balaban J connectivity index is 1.54. The summed E-state index contributed by atoms with van der Waals surface area (Å²) in [5.41, 5.74) is 6.04. The van der Waals surface area contributed by atoms with Gasteiger partial charge in [-0.25, -0.2) is 0 Å². The largest absolute Gasteiger partial charge is 0.491 e. The van der Waals surface area contributed by atoms with Crippen LogP contribution in [0.25, 0.3) is 0 Å². The molecule has 6 nitrogen and oxygen atoms in total. The van der Waals surface area contributed by atoms with Crippen molar-refractivity contribution in [3.8, 4) is 5.75 Å². The van der Waals surface area contributed by atoms with E-state index in [1.165, 1.54) is 0 Å². The van der Waals surface area contributed by atoms with Gasteiger partial charge in [0.05, 0.1) is 23.6 Å². The Hall–Kier alpha value is -3.48. The van der Waals surface area contributed by atoms with Gasteiger partial charge in [0, 0.05) is 18.2 Å². The van der Waals surface area contributed by atoms with Crippen molar-refractivity contribution in [1.82, 2.24) is 0 Å². The van der Waals surface area contributed by atoms with Gasteiger partial charge in [-0.15, -0.1) is 0 Å². The fourth-order valence-corrected chi connectivity index (χ4v) is 3.56. The highest BCUT2D eigenvalue weighted by Crippen LogP contribution is 2.33. The number of carbonyl (C=O) groups is 1. The number of nitrogens with zero attached hydrogens (tertiary/aromatic N) is 1. The molecule has 0 fully saturated rings. The predicted molar refractivity (Wildman–Crippen MR) is 121 cm³/mol. The number of benzene rings is 3. The average Bonchev–Trinajstić information content (AvgIpc) is 3.22. The van der Waals surface area contributed by atoms with E-state index in [1.807, 2.05) is 24.3 Å². The molecule has 6 heteroatoms. The number of para-hydroxylation sites is 1. The van der Waals surface area contributed by atoms with E-state index < -0.39 is 6.10 Å². The van der Waals surface area contributed by atoms with Crippen LogP contribution >= 0.6 is 0 Å². The molecule has 1 unspecified atom stereocenters. The van der Waals surface area contributed by atoms with Gasteiger partial charge < -0.3 is 20.3 Å². The number of hydrogen-bond acceptors (Lipinski definition) is 5. The van der Waals surface area contributed by atoms with Crippen molar-refractivity contribution in [1.29, 1.82) is 0 Å². The number of nitrogens with one attached hydrogen (secondary N) is 1. The fourth-order valence-electron chi connectivity index (χ4n) is 3.56. The topological polar surface area (TPSA) is 91.2 Å². The third-order valence-corrected chi connectivity index (χ3v) is 5.17. The summed E-state index contributed by atoms with van der Waals surface area (Å²) in [6.45, 7) is 1.65. The van der Waals surface area contributed by atoms with Gasteiger partial charge in [-0.3, -0.25) is 9.79 Å². The molecule has 0 saturated carbocycles. The van der Waals surface area contributed by atoms with Gasteiger partial charge in [-0.1, -0.05) is 42.5 Å². The highest BCUT2D eigenvalue weighted by Gasteiger charge is 2.22. The molecule has 1 atom stereocenters. The summed E-state index contributed by atoms with van der Waals surface area (Å²) in [5.74, 6) is 0.239. The quantitative estimate of drug-likeness (QED) is 0.548. The van der Waals surface area contributed by atoms with Crippen molar-refractivity contribution < 1.29 is 19.7 Å². The van der Waals surface area contributed by atoms with Crippen molar-refractivity contribution >= 4 is 23.0 Å². The van der Waals surface area contributed by atoms with Crippen LogP contribution in [0.2, 0.25) is 0 Å². The second-order valence-electron chi connectivity index (χ2n) is 7.49. The second kappa shape index (κ2) is 9.12. The highest BCUT2D eigenvalue weighted by atomic mass is 16.5. The van der Waals surface area contributed by atoms with Crippen LogP contribution in [0, 0.1) is 6.92 Å². The smallest absolute Gasteiger partial charge is 0.257 e. The molecule has 0 saturated heterocycles. The Kier molecular flexibility index (Phi) is 6.11. The second-order valence-corrected chi connectivity index (χ2v) is 7.49. The number of rotatable bonds is 7. The Morgan fingerprint density at radius 3 is 2.74 bits per heavy atom. The maximum atomic E-state index is 13.0. The van der Waals surface area contributed by atoms with E-state index in [0.29, 0.717) is 29.1 Å². The molecule has 0 radical (unpaired) electrons. The maximum absolute atomic E-state index is 13.0. The van der Waals surface area contributed by atoms with Crippen molar-refractivity contribution in [2.45, 2.75) is 19.4 Å². The number of fused-ring (bicyclic) bond motifs is 1. The van der Waals surface area contributed by atoms with Crippen LogP contribution in [-0.2, 0) is 6.42 Å². The molecule has 3 aromatic rings. The van der Waals surface area contributed by atoms with E-state index in [9.17, 15) is 9.90 Å². The SMILES string of the molecule is Cc1ccccc1C1=Nc2c(cccc2C(=O)Nc2cccc(OCC(O)CO)c2)C1. The minimum absolute atomic E-state index is 0.0313. The van der Waals surface area contributed by atoms with Gasteiger partial charge in [0.2, 0.25) is 0 Å². The summed E-state index contributed by atoms with van der Waals surface area (Å²) < 4.78 is 5.45. The number of amides is 1. The minimum Gasteiger partial charge on any atom is -0.491 e. The number of carbonyl (C=O) groups excluding carboxylic acids is 1. The minimum atomic E-state index is -0.953. The van der Waals surface area contributed by atoms with E-state index in [0.717, 1.165) is 22.4 Å². The van der Waals surface area contributed by atoms with Gasteiger partial charge >= 0.3 is 0 Å². The molecule has 1 heterocycles. The normalized spacial score (nSPS) is 13.3. The van der Waals surface area contributed by atoms with E-state index in [1.54, 1.807) is 30.3 Å². The number of anilines is 1. The first-order chi connectivity index (χ1) is 15.0. The summed E-state index contributed by atoms with van der Waals surface area (Å²) in [7, 11) is 0. The van der Waals surface area contributed by atoms with E-state index in [-0.39, 0.29) is 19.1 Å². The van der Waals surface area contributed by atoms with Gasteiger partial charge in [0.1, 0.15) is 18.5 Å². The van der Waals surface area contributed by atoms with Crippen molar-refractivity contribution in [3.05, 3.63) is 89.0 Å². The molecule has 0 spiro atoms. The van der Waals surface area contributed by atoms with E-state index >= 15 is 0 Å². The zero-order chi connectivity index (χ0) is 21.8. The first-order valence-electron chi connectivity index (χ1n) is 10.1. The van der Waals surface area contributed by atoms with Gasteiger partial charge in [-0.05, 0) is 41.8 Å². The van der Waals surface area contributed by atoms with Gasteiger partial charge in [-0.2, -0.15) is 0 Å². The van der Waals surface area contributed by atoms with Crippen molar-refractivity contribution in [2.75, 3.05) is 18.5 Å². The standard InChI is InChI=1S/C25H24N2O4/c1-16-6-2-3-10-21(16)23-12-17-7-4-11-22(24(17)27-23)25(30)26-18-8-5-9-20(13-18)31-15-19(29)14-28/h2-11,13,19,28-29H,12,14-15H2,1H3,(H,26,30). The summed E-state index contributed by atoms with van der Waals surface area (Å²) in [6, 6.07) is 20.7. The average molecular weight is 416 g/mol. The molecule has 0 aromatic heterocycles. The number of aryl methyl sites for hydroxylation is 1. The van der Waals surface area contributed by atoms with Crippen LogP contribution in [0.4, 0.5) is 11.4 Å². The number of aliphatic imine (C=N–C) groups is 1. The highest BCUT2D eigenvalue weighted by molar-refractivity contribution is 6.13. The lowest BCUT2D eigenvalue weighted by atomic mass is 9.99. The third kappa shape index (κ3) is 4.66. The molecular formula is C25H24N2O4. The molecule has 31 heavy (non-hydrogen) atoms. The van der Waals surface area contributed by atoms with Crippen molar-refractivity contribution in [2.24, 2.45) is 4.99 Å². The zero-order valence-corrected chi connectivity index (χ0v) is 17.2. The van der Waals surface area contributed by atoms with Crippen LogP contribution in [0.15, 0.2) is 71.7 Å². The fraction of sp³-hybridized carbons (Fsp3) is 0.200. The number of aliphatic hydroxyl groups is 2. The van der Waals surface area contributed by atoms with Crippen LogP contribution in [0.1, 0.15) is 27.0 Å². The van der Waals surface area contributed by atoms with Crippen molar-refractivity contribution in [3.63, 3.8) is 0 Å². The lowest BCUT2D eigenvalue weighted by Crippen LogP contribution is -2.21.